The van der Waals surface area contributed by atoms with Crippen molar-refractivity contribution in [2.45, 2.75) is 17.9 Å². The lowest BCUT2D eigenvalue weighted by atomic mass is 10.2. The summed E-state index contributed by atoms with van der Waals surface area (Å²) in [6, 6.07) is 16.9. The van der Waals surface area contributed by atoms with E-state index in [2.05, 4.69) is 10.2 Å². The summed E-state index contributed by atoms with van der Waals surface area (Å²) in [5.41, 5.74) is 1.77. The summed E-state index contributed by atoms with van der Waals surface area (Å²) in [5, 5.41) is 9.70. The Labute approximate surface area is 188 Å². The molecule has 5 rings (SSSR count). The van der Waals surface area contributed by atoms with Crippen LogP contribution in [0.15, 0.2) is 75.4 Å². The molecule has 0 fully saturated rings. The maximum absolute atomic E-state index is 13.2. The first-order chi connectivity index (χ1) is 15.5. The number of aromatic nitrogens is 2. The van der Waals surface area contributed by atoms with Crippen molar-refractivity contribution < 1.29 is 22.4 Å². The van der Waals surface area contributed by atoms with Crippen LogP contribution in [-0.2, 0) is 27.8 Å². The van der Waals surface area contributed by atoms with E-state index in [1.165, 1.54) is 39.9 Å². The van der Waals surface area contributed by atoms with Crippen LogP contribution in [0.4, 0.5) is 5.69 Å². The lowest BCUT2D eigenvalue weighted by molar-refractivity contribution is 0.0438. The molecular formula is C22H17N3O5S2. The zero-order chi connectivity index (χ0) is 22.1. The molecule has 1 aliphatic heterocycles. The van der Waals surface area contributed by atoms with E-state index in [-0.39, 0.29) is 23.0 Å². The predicted octanol–water partition coefficient (Wildman–Crippen LogP) is 3.91. The summed E-state index contributed by atoms with van der Waals surface area (Å²) < 4.78 is 38.5. The highest BCUT2D eigenvalue weighted by molar-refractivity contribution is 7.92. The number of ether oxygens (including phenoxy) is 1. The maximum atomic E-state index is 13.2. The Bertz CT molecular complexity index is 1380. The Balaban J connectivity index is 1.31. The summed E-state index contributed by atoms with van der Waals surface area (Å²) in [6.45, 7) is 0.147. The minimum Gasteiger partial charge on any atom is -0.452 e. The Hall–Kier alpha value is -3.50. The van der Waals surface area contributed by atoms with Crippen LogP contribution in [0.2, 0.25) is 0 Å². The van der Waals surface area contributed by atoms with Gasteiger partial charge in [-0.25, -0.2) is 13.2 Å². The van der Waals surface area contributed by atoms with Crippen LogP contribution < -0.4 is 4.31 Å². The van der Waals surface area contributed by atoms with E-state index in [0.29, 0.717) is 24.5 Å². The Morgan fingerprint density at radius 3 is 2.81 bits per heavy atom. The molecule has 0 amide bonds. The molecule has 0 bridgehead atoms. The second kappa shape index (κ2) is 8.21. The van der Waals surface area contributed by atoms with E-state index in [1.807, 2.05) is 35.7 Å². The quantitative estimate of drug-likeness (QED) is 0.396. The van der Waals surface area contributed by atoms with E-state index >= 15 is 0 Å². The number of anilines is 1. The van der Waals surface area contributed by atoms with Crippen molar-refractivity contribution >= 4 is 33.0 Å². The number of hydrogen-bond donors (Lipinski definition) is 0. The van der Waals surface area contributed by atoms with Gasteiger partial charge in [0.1, 0.15) is 0 Å². The molecule has 162 valence electrons. The van der Waals surface area contributed by atoms with E-state index in [1.54, 1.807) is 6.07 Å². The van der Waals surface area contributed by atoms with Crippen molar-refractivity contribution in [3.05, 3.63) is 83.1 Å². The average Bonchev–Trinajstić information content (AvgIpc) is 3.58. The van der Waals surface area contributed by atoms with Crippen molar-refractivity contribution in [2.24, 2.45) is 0 Å². The fourth-order valence-corrected chi connectivity index (χ4v) is 5.68. The second-order valence-electron chi connectivity index (χ2n) is 7.04. The van der Waals surface area contributed by atoms with Crippen molar-refractivity contribution in [1.29, 1.82) is 0 Å². The number of benzene rings is 2. The SMILES string of the molecule is O=C(OCc1nnc(-c2cccs2)o1)c1cccc(S(=O)(=O)N2CCc3ccccc32)c1. The summed E-state index contributed by atoms with van der Waals surface area (Å²) in [4.78, 5) is 13.4. The molecule has 4 aromatic rings. The molecule has 2 aromatic heterocycles. The normalized spacial score (nSPS) is 13.2. The molecule has 0 N–H and O–H groups in total. The molecule has 0 aliphatic carbocycles. The maximum Gasteiger partial charge on any atom is 0.338 e. The lowest BCUT2D eigenvalue weighted by Gasteiger charge is -2.19. The number of thiophene rings is 1. The first-order valence-electron chi connectivity index (χ1n) is 9.76. The lowest BCUT2D eigenvalue weighted by Crippen LogP contribution is -2.29. The molecule has 0 saturated carbocycles. The van der Waals surface area contributed by atoms with Crippen molar-refractivity contribution in [2.75, 3.05) is 10.8 Å². The zero-order valence-corrected chi connectivity index (χ0v) is 18.3. The number of fused-ring (bicyclic) bond motifs is 1. The van der Waals surface area contributed by atoms with Crippen molar-refractivity contribution in [1.82, 2.24) is 10.2 Å². The molecule has 0 unspecified atom stereocenters. The Morgan fingerprint density at radius 1 is 1.09 bits per heavy atom. The summed E-state index contributed by atoms with van der Waals surface area (Å²) in [6.07, 6.45) is 0.648. The third-order valence-electron chi connectivity index (χ3n) is 5.03. The van der Waals surface area contributed by atoms with Gasteiger partial charge in [0.15, 0.2) is 6.61 Å². The number of sulfonamides is 1. The van der Waals surface area contributed by atoms with E-state index < -0.39 is 16.0 Å². The van der Waals surface area contributed by atoms with Crippen LogP contribution in [0, 0.1) is 0 Å². The standard InChI is InChI=1S/C22H17N3O5S2/c26-22(29-14-20-23-24-21(30-20)19-9-4-12-31-19)16-6-3-7-17(13-16)32(27,28)25-11-10-15-5-1-2-8-18(15)25/h1-9,12-13H,10-11,14H2. The second-order valence-corrected chi connectivity index (χ2v) is 9.85. The number of rotatable bonds is 6. The molecule has 3 heterocycles. The van der Waals surface area contributed by atoms with Gasteiger partial charge >= 0.3 is 5.97 Å². The van der Waals surface area contributed by atoms with Gasteiger partial charge in [0.2, 0.25) is 0 Å². The van der Waals surface area contributed by atoms with Gasteiger partial charge in [-0.05, 0) is 47.7 Å². The third-order valence-corrected chi connectivity index (χ3v) is 7.69. The van der Waals surface area contributed by atoms with Gasteiger partial charge in [-0.2, -0.15) is 0 Å². The summed E-state index contributed by atoms with van der Waals surface area (Å²) in [7, 11) is -3.81. The molecule has 2 aromatic carbocycles. The first-order valence-corrected chi connectivity index (χ1v) is 12.1. The molecule has 8 nitrogen and oxygen atoms in total. The van der Waals surface area contributed by atoms with E-state index in [0.717, 1.165) is 10.4 Å². The molecule has 32 heavy (non-hydrogen) atoms. The van der Waals surface area contributed by atoms with Gasteiger partial charge in [0.05, 0.1) is 21.0 Å². The van der Waals surface area contributed by atoms with Crippen LogP contribution in [-0.4, -0.2) is 31.1 Å². The highest BCUT2D eigenvalue weighted by Gasteiger charge is 2.31. The molecule has 0 atom stereocenters. The minimum atomic E-state index is -3.81. The number of para-hydroxylation sites is 1. The van der Waals surface area contributed by atoms with Gasteiger partial charge in [-0.3, -0.25) is 4.31 Å². The van der Waals surface area contributed by atoms with E-state index in [4.69, 9.17) is 9.15 Å². The third kappa shape index (κ3) is 3.78. The molecule has 0 saturated heterocycles. The number of hydrogen-bond acceptors (Lipinski definition) is 8. The van der Waals surface area contributed by atoms with Crippen LogP contribution in [0.5, 0.6) is 0 Å². The van der Waals surface area contributed by atoms with Gasteiger partial charge in [0.25, 0.3) is 21.8 Å². The van der Waals surface area contributed by atoms with Gasteiger partial charge in [-0.1, -0.05) is 30.3 Å². The topological polar surface area (TPSA) is 103 Å². The van der Waals surface area contributed by atoms with Crippen LogP contribution in [0.1, 0.15) is 21.8 Å². The largest absolute Gasteiger partial charge is 0.452 e. The van der Waals surface area contributed by atoms with Gasteiger partial charge in [0, 0.05) is 6.54 Å². The van der Waals surface area contributed by atoms with Gasteiger partial charge < -0.3 is 9.15 Å². The van der Waals surface area contributed by atoms with Crippen molar-refractivity contribution in [3.63, 3.8) is 0 Å². The monoisotopic (exact) mass is 467 g/mol. The highest BCUT2D eigenvalue weighted by Crippen LogP contribution is 2.32. The molecule has 0 radical (unpaired) electrons. The van der Waals surface area contributed by atoms with Crippen molar-refractivity contribution in [3.8, 4) is 10.8 Å². The first kappa shape index (κ1) is 20.4. The molecule has 10 heteroatoms. The highest BCUT2D eigenvalue weighted by atomic mass is 32.2. The predicted molar refractivity (Wildman–Crippen MR) is 118 cm³/mol. The fourth-order valence-electron chi connectivity index (χ4n) is 3.49. The zero-order valence-electron chi connectivity index (χ0n) is 16.7. The Morgan fingerprint density at radius 2 is 1.97 bits per heavy atom. The minimum absolute atomic E-state index is 0.0291. The summed E-state index contributed by atoms with van der Waals surface area (Å²) in [5.74, 6) is -0.177. The number of nitrogens with zero attached hydrogens (tertiary/aromatic N) is 3. The molecule has 1 aliphatic rings. The van der Waals surface area contributed by atoms with E-state index in [9.17, 15) is 13.2 Å². The van der Waals surface area contributed by atoms with Crippen LogP contribution in [0.25, 0.3) is 10.8 Å². The van der Waals surface area contributed by atoms with Crippen LogP contribution in [0.3, 0.4) is 0 Å². The summed E-state index contributed by atoms with van der Waals surface area (Å²) >= 11 is 1.46. The fraction of sp³-hybridized carbons (Fsp3) is 0.136. The average molecular weight is 468 g/mol. The number of esters is 1. The smallest absolute Gasteiger partial charge is 0.338 e. The Kier molecular flexibility index (Phi) is 5.24. The molecular weight excluding hydrogens is 450 g/mol. The molecule has 0 spiro atoms. The number of carbonyl (C=O) groups is 1. The van der Waals surface area contributed by atoms with Crippen LogP contribution >= 0.6 is 11.3 Å². The number of carbonyl (C=O) groups excluding carboxylic acids is 1. The van der Waals surface area contributed by atoms with Gasteiger partial charge in [-0.15, -0.1) is 21.5 Å².